The van der Waals surface area contributed by atoms with E-state index in [0.29, 0.717) is 5.75 Å². The van der Waals surface area contributed by atoms with Crippen molar-refractivity contribution in [3.8, 4) is 0 Å². The number of hydrogen-bond acceptors (Lipinski definition) is 4. The van der Waals surface area contributed by atoms with Crippen molar-refractivity contribution in [2.24, 2.45) is 0 Å². The Balaban J connectivity index is 1.92. The van der Waals surface area contributed by atoms with Crippen LogP contribution in [0.4, 0.5) is 0 Å². The van der Waals surface area contributed by atoms with E-state index < -0.39 is 0 Å². The molecule has 0 aromatic carbocycles. The van der Waals surface area contributed by atoms with Crippen LogP contribution in [0, 0.1) is 0 Å². The first kappa shape index (κ1) is 14.5. The molecule has 2 heterocycles. The van der Waals surface area contributed by atoms with Crippen LogP contribution in [0.2, 0.25) is 0 Å². The third-order valence-corrected chi connectivity index (χ3v) is 4.15. The van der Waals surface area contributed by atoms with Gasteiger partial charge in [0.2, 0.25) is 5.91 Å². The fourth-order valence-corrected chi connectivity index (χ4v) is 2.55. The molecule has 0 saturated carbocycles. The SMILES string of the molecule is CC(c1cccnc1)N(C)C(=O)CSc1ccncc1. The second-order valence-corrected chi connectivity index (χ2v) is 5.49. The van der Waals surface area contributed by atoms with Crippen molar-refractivity contribution in [2.45, 2.75) is 17.9 Å². The van der Waals surface area contributed by atoms with Gasteiger partial charge in [0.15, 0.2) is 0 Å². The standard InChI is InChI=1S/C15H17N3OS/c1-12(13-4-3-7-17-10-13)18(2)15(19)11-20-14-5-8-16-9-6-14/h3-10,12H,11H2,1-2H3. The highest BCUT2D eigenvalue weighted by Crippen LogP contribution is 2.21. The van der Waals surface area contributed by atoms with Gasteiger partial charge in [0.05, 0.1) is 11.8 Å². The predicted octanol–water partition coefficient (Wildman–Crippen LogP) is 2.79. The Hall–Kier alpha value is -1.88. The molecule has 0 fully saturated rings. The monoisotopic (exact) mass is 287 g/mol. The lowest BCUT2D eigenvalue weighted by molar-refractivity contribution is -0.128. The van der Waals surface area contributed by atoms with E-state index >= 15 is 0 Å². The van der Waals surface area contributed by atoms with Crippen molar-refractivity contribution in [3.63, 3.8) is 0 Å². The fourth-order valence-electron chi connectivity index (χ4n) is 1.74. The number of nitrogens with zero attached hydrogens (tertiary/aromatic N) is 3. The third kappa shape index (κ3) is 3.81. The summed E-state index contributed by atoms with van der Waals surface area (Å²) in [5.41, 5.74) is 1.04. The van der Waals surface area contributed by atoms with Gasteiger partial charge in [-0.15, -0.1) is 11.8 Å². The van der Waals surface area contributed by atoms with Gasteiger partial charge < -0.3 is 4.90 Å². The first-order valence-corrected chi connectivity index (χ1v) is 7.35. The molecule has 2 aromatic rings. The number of carbonyl (C=O) groups excluding carboxylic acids is 1. The first-order valence-electron chi connectivity index (χ1n) is 6.37. The largest absolute Gasteiger partial charge is 0.338 e. The number of aromatic nitrogens is 2. The fraction of sp³-hybridized carbons (Fsp3) is 0.267. The number of carbonyl (C=O) groups is 1. The number of rotatable bonds is 5. The molecule has 5 heteroatoms. The van der Waals surface area contributed by atoms with Crippen LogP contribution in [0.3, 0.4) is 0 Å². The van der Waals surface area contributed by atoms with Gasteiger partial charge in [-0.1, -0.05) is 6.07 Å². The molecular formula is C15H17N3OS. The lowest BCUT2D eigenvalue weighted by Crippen LogP contribution is -2.31. The number of hydrogen-bond donors (Lipinski definition) is 0. The van der Waals surface area contributed by atoms with Crippen molar-refractivity contribution < 1.29 is 4.79 Å². The minimum atomic E-state index is 0.0224. The highest BCUT2D eigenvalue weighted by molar-refractivity contribution is 8.00. The maximum absolute atomic E-state index is 12.2. The van der Waals surface area contributed by atoms with Gasteiger partial charge in [0.25, 0.3) is 0 Å². The molecule has 1 unspecified atom stereocenters. The van der Waals surface area contributed by atoms with Gasteiger partial charge in [-0.05, 0) is 30.7 Å². The van der Waals surface area contributed by atoms with Crippen LogP contribution in [-0.2, 0) is 4.79 Å². The number of pyridine rings is 2. The summed E-state index contributed by atoms with van der Waals surface area (Å²) in [6, 6.07) is 7.70. The molecule has 2 aromatic heterocycles. The van der Waals surface area contributed by atoms with E-state index in [1.165, 1.54) is 11.8 Å². The summed E-state index contributed by atoms with van der Waals surface area (Å²) < 4.78 is 0. The summed E-state index contributed by atoms with van der Waals surface area (Å²) in [7, 11) is 1.83. The van der Waals surface area contributed by atoms with Crippen LogP contribution in [0.5, 0.6) is 0 Å². The molecule has 1 atom stereocenters. The molecule has 0 N–H and O–H groups in total. The summed E-state index contributed by atoms with van der Waals surface area (Å²) in [5.74, 6) is 0.522. The molecule has 0 radical (unpaired) electrons. The molecule has 0 saturated heterocycles. The topological polar surface area (TPSA) is 46.1 Å². The van der Waals surface area contributed by atoms with Crippen LogP contribution in [0.15, 0.2) is 53.9 Å². The smallest absolute Gasteiger partial charge is 0.233 e. The molecule has 20 heavy (non-hydrogen) atoms. The maximum atomic E-state index is 12.2. The Morgan fingerprint density at radius 3 is 2.65 bits per heavy atom. The number of thioether (sulfide) groups is 1. The van der Waals surface area contributed by atoms with Crippen LogP contribution in [0.25, 0.3) is 0 Å². The van der Waals surface area contributed by atoms with E-state index in [1.54, 1.807) is 29.7 Å². The highest BCUT2D eigenvalue weighted by Gasteiger charge is 2.17. The molecule has 0 aliphatic carbocycles. The molecule has 0 spiro atoms. The Morgan fingerprint density at radius 1 is 1.25 bits per heavy atom. The molecular weight excluding hydrogens is 270 g/mol. The van der Waals surface area contributed by atoms with E-state index in [1.807, 2.05) is 38.2 Å². The van der Waals surface area contributed by atoms with Gasteiger partial charge in [0, 0.05) is 36.7 Å². The third-order valence-electron chi connectivity index (χ3n) is 3.15. The van der Waals surface area contributed by atoms with Crippen molar-refractivity contribution in [1.82, 2.24) is 14.9 Å². The molecule has 0 aliphatic rings. The molecule has 4 nitrogen and oxygen atoms in total. The van der Waals surface area contributed by atoms with Crippen molar-refractivity contribution >= 4 is 17.7 Å². The lowest BCUT2D eigenvalue weighted by Gasteiger charge is -2.25. The van der Waals surface area contributed by atoms with Gasteiger partial charge >= 0.3 is 0 Å². The van der Waals surface area contributed by atoms with Crippen LogP contribution in [0.1, 0.15) is 18.5 Å². The van der Waals surface area contributed by atoms with Crippen LogP contribution in [-0.4, -0.2) is 33.6 Å². The summed E-state index contributed by atoms with van der Waals surface area (Å²) in [6.45, 7) is 2.01. The molecule has 104 valence electrons. The van der Waals surface area contributed by atoms with E-state index in [-0.39, 0.29) is 11.9 Å². The van der Waals surface area contributed by atoms with E-state index in [0.717, 1.165) is 10.5 Å². The molecule has 2 rings (SSSR count). The minimum Gasteiger partial charge on any atom is -0.338 e. The van der Waals surface area contributed by atoms with Gasteiger partial charge in [0.1, 0.15) is 0 Å². The second-order valence-electron chi connectivity index (χ2n) is 4.44. The maximum Gasteiger partial charge on any atom is 0.233 e. The predicted molar refractivity (Wildman–Crippen MR) is 80.4 cm³/mol. The minimum absolute atomic E-state index is 0.0224. The Bertz CT molecular complexity index is 548. The van der Waals surface area contributed by atoms with E-state index in [2.05, 4.69) is 9.97 Å². The zero-order valence-corrected chi connectivity index (χ0v) is 12.4. The zero-order valence-electron chi connectivity index (χ0n) is 11.6. The first-order chi connectivity index (χ1) is 9.68. The lowest BCUT2D eigenvalue weighted by atomic mass is 10.1. The summed E-state index contributed by atoms with van der Waals surface area (Å²) >= 11 is 1.52. The van der Waals surface area contributed by atoms with Crippen molar-refractivity contribution in [3.05, 3.63) is 54.6 Å². The van der Waals surface area contributed by atoms with Crippen molar-refractivity contribution in [1.29, 1.82) is 0 Å². The van der Waals surface area contributed by atoms with Gasteiger partial charge in [-0.2, -0.15) is 0 Å². The Morgan fingerprint density at radius 2 is 2.00 bits per heavy atom. The Labute approximate surface area is 123 Å². The quantitative estimate of drug-likeness (QED) is 0.793. The van der Waals surface area contributed by atoms with Crippen LogP contribution < -0.4 is 0 Å². The average molecular weight is 287 g/mol. The molecule has 0 bridgehead atoms. The zero-order chi connectivity index (χ0) is 14.4. The normalized spacial score (nSPS) is 11.9. The van der Waals surface area contributed by atoms with Gasteiger partial charge in [-0.3, -0.25) is 14.8 Å². The average Bonchev–Trinajstić information content (AvgIpc) is 2.53. The van der Waals surface area contributed by atoms with Crippen molar-refractivity contribution in [2.75, 3.05) is 12.8 Å². The van der Waals surface area contributed by atoms with E-state index in [9.17, 15) is 4.79 Å². The van der Waals surface area contributed by atoms with Gasteiger partial charge in [-0.25, -0.2) is 0 Å². The number of amides is 1. The summed E-state index contributed by atoms with van der Waals surface area (Å²) in [5, 5.41) is 0. The summed E-state index contributed by atoms with van der Waals surface area (Å²) in [6.07, 6.45) is 6.99. The Kier molecular flexibility index (Phi) is 5.12. The van der Waals surface area contributed by atoms with Crippen LogP contribution >= 0.6 is 11.8 Å². The molecule has 0 aliphatic heterocycles. The molecule has 1 amide bonds. The highest BCUT2D eigenvalue weighted by atomic mass is 32.2. The second kappa shape index (κ2) is 7.05. The van der Waals surface area contributed by atoms with E-state index in [4.69, 9.17) is 0 Å². The summed E-state index contributed by atoms with van der Waals surface area (Å²) in [4.78, 5) is 23.1.